The first kappa shape index (κ1) is 21.9. The Morgan fingerprint density at radius 3 is 2.53 bits per heavy atom. The summed E-state index contributed by atoms with van der Waals surface area (Å²) in [5.74, 6) is -4.77. The molecule has 0 spiro atoms. The van der Waals surface area contributed by atoms with Crippen molar-refractivity contribution in [1.82, 2.24) is 20.2 Å². The van der Waals surface area contributed by atoms with Crippen molar-refractivity contribution in [2.45, 2.75) is 18.8 Å². The highest BCUT2D eigenvalue weighted by atomic mass is 19.3. The van der Waals surface area contributed by atoms with Gasteiger partial charge in [0.05, 0.1) is 24.2 Å². The molecule has 1 aliphatic carbocycles. The van der Waals surface area contributed by atoms with Gasteiger partial charge in [0.15, 0.2) is 5.82 Å². The number of carbonyl (C=O) groups is 3. The number of carbonyl (C=O) groups excluding carboxylic acids is 3. The van der Waals surface area contributed by atoms with Gasteiger partial charge in [0.25, 0.3) is 17.7 Å². The molecule has 8 nitrogen and oxygen atoms in total. The molecule has 2 fully saturated rings. The topological polar surface area (TPSA) is 107 Å². The van der Waals surface area contributed by atoms with Crippen molar-refractivity contribution in [1.29, 1.82) is 0 Å². The maximum absolute atomic E-state index is 15.0. The third kappa shape index (κ3) is 3.87. The summed E-state index contributed by atoms with van der Waals surface area (Å²) in [4.78, 5) is 45.1. The monoisotopic (exact) mass is 471 g/mol. The molecule has 0 unspecified atom stereocenters. The Labute approximate surface area is 191 Å². The Hall–Kier alpha value is -3.89. The normalized spacial score (nSPS) is 16.8. The molecular weight excluding hydrogens is 451 g/mol. The first-order valence-corrected chi connectivity index (χ1v) is 10.7. The summed E-state index contributed by atoms with van der Waals surface area (Å²) in [6.45, 7) is -1.39. The van der Waals surface area contributed by atoms with Crippen molar-refractivity contribution in [3.63, 3.8) is 0 Å². The van der Waals surface area contributed by atoms with Gasteiger partial charge in [-0.15, -0.1) is 0 Å². The van der Waals surface area contributed by atoms with Crippen molar-refractivity contribution >= 4 is 34.4 Å². The molecule has 1 aromatic carbocycles. The van der Waals surface area contributed by atoms with Gasteiger partial charge in [-0.1, -0.05) is 0 Å². The van der Waals surface area contributed by atoms with E-state index in [1.54, 1.807) is 6.07 Å². The number of amides is 3. The van der Waals surface area contributed by atoms with Crippen LogP contribution in [0.2, 0.25) is 0 Å². The molecule has 1 saturated carbocycles. The quantitative estimate of drug-likeness (QED) is 0.531. The summed E-state index contributed by atoms with van der Waals surface area (Å²) in [5, 5.41) is 5.70. The Morgan fingerprint density at radius 2 is 1.91 bits per heavy atom. The fraction of sp³-hybridized carbons (Fsp3) is 0.304. The molecule has 3 heterocycles. The van der Waals surface area contributed by atoms with E-state index in [1.807, 2.05) is 0 Å². The van der Waals surface area contributed by atoms with E-state index in [-0.39, 0.29) is 34.3 Å². The second-order valence-corrected chi connectivity index (χ2v) is 8.55. The van der Waals surface area contributed by atoms with Crippen LogP contribution < -0.4 is 10.6 Å². The number of aromatic nitrogens is 2. The van der Waals surface area contributed by atoms with Gasteiger partial charge in [-0.3, -0.25) is 14.4 Å². The number of hydrogen-bond donors (Lipinski definition) is 3. The van der Waals surface area contributed by atoms with Gasteiger partial charge in [-0.25, -0.2) is 18.2 Å². The highest BCUT2D eigenvalue weighted by Gasteiger charge is 2.46. The number of likely N-dealkylation sites (tertiary alicyclic amines) is 1. The minimum Gasteiger partial charge on any atom is -0.355 e. The third-order valence-corrected chi connectivity index (χ3v) is 5.97. The standard InChI is InChI=1S/C23H20F3N5O3/c1-27-21(33)15-8-28-19(30-20(32)11-2-3-11)18-14(15)7-17(29-18)13-5-4-12(6-16(13)24)22(34)31-9-23(25,26)10-31/h4-8,11,29H,2-3,9-10H2,1H3,(H,27,33)(H,28,30,32). The number of halogens is 3. The van der Waals surface area contributed by atoms with E-state index < -0.39 is 36.6 Å². The summed E-state index contributed by atoms with van der Waals surface area (Å²) in [7, 11) is 1.47. The third-order valence-electron chi connectivity index (χ3n) is 5.97. The molecule has 176 valence electrons. The lowest BCUT2D eigenvalue weighted by Crippen LogP contribution is -2.58. The number of aromatic amines is 1. The highest BCUT2D eigenvalue weighted by Crippen LogP contribution is 2.34. The van der Waals surface area contributed by atoms with Crippen LogP contribution in [0.3, 0.4) is 0 Å². The summed E-state index contributed by atoms with van der Waals surface area (Å²) < 4.78 is 41.2. The Morgan fingerprint density at radius 1 is 1.18 bits per heavy atom. The van der Waals surface area contributed by atoms with Crippen LogP contribution >= 0.6 is 0 Å². The predicted molar refractivity (Wildman–Crippen MR) is 117 cm³/mol. The first-order valence-electron chi connectivity index (χ1n) is 10.7. The lowest BCUT2D eigenvalue weighted by atomic mass is 10.0. The molecule has 2 aromatic heterocycles. The van der Waals surface area contributed by atoms with Crippen LogP contribution in [0.4, 0.5) is 19.0 Å². The number of anilines is 1. The van der Waals surface area contributed by atoms with Crippen molar-refractivity contribution in [3.8, 4) is 11.3 Å². The molecule has 1 aliphatic heterocycles. The van der Waals surface area contributed by atoms with E-state index in [0.717, 1.165) is 23.8 Å². The molecule has 3 amide bonds. The smallest absolute Gasteiger partial charge is 0.282 e. The summed E-state index contributed by atoms with van der Waals surface area (Å²) in [6, 6.07) is 5.27. The zero-order valence-corrected chi connectivity index (χ0v) is 18.0. The Kier molecular flexibility index (Phi) is 5.07. The number of rotatable bonds is 5. The van der Waals surface area contributed by atoms with Gasteiger partial charge in [-0.05, 0) is 37.1 Å². The lowest BCUT2D eigenvalue weighted by Gasteiger charge is -2.38. The maximum atomic E-state index is 15.0. The van der Waals surface area contributed by atoms with E-state index >= 15 is 4.39 Å². The van der Waals surface area contributed by atoms with Crippen LogP contribution in [0.15, 0.2) is 30.5 Å². The predicted octanol–water partition coefficient (Wildman–Crippen LogP) is 3.17. The van der Waals surface area contributed by atoms with Gasteiger partial charge in [0, 0.05) is 41.4 Å². The first-order chi connectivity index (χ1) is 16.2. The largest absolute Gasteiger partial charge is 0.355 e. The molecule has 3 aromatic rings. The summed E-state index contributed by atoms with van der Waals surface area (Å²) in [5.41, 5.74) is 0.937. The van der Waals surface area contributed by atoms with Crippen molar-refractivity contribution in [2.75, 3.05) is 25.5 Å². The maximum Gasteiger partial charge on any atom is 0.282 e. The van der Waals surface area contributed by atoms with Crippen molar-refractivity contribution in [3.05, 3.63) is 47.4 Å². The van der Waals surface area contributed by atoms with Crippen LogP contribution in [0.1, 0.15) is 33.6 Å². The SMILES string of the molecule is CNC(=O)c1cnc(NC(=O)C2CC2)c2[nH]c(-c3ccc(C(=O)N4CC(F)(F)C4)cc3F)cc12. The van der Waals surface area contributed by atoms with Gasteiger partial charge in [0.1, 0.15) is 5.82 Å². The molecule has 11 heteroatoms. The van der Waals surface area contributed by atoms with Gasteiger partial charge < -0.3 is 20.5 Å². The molecule has 34 heavy (non-hydrogen) atoms. The molecule has 3 N–H and O–H groups in total. The van der Waals surface area contributed by atoms with E-state index in [1.165, 1.54) is 25.4 Å². The summed E-state index contributed by atoms with van der Waals surface area (Å²) >= 11 is 0. The van der Waals surface area contributed by atoms with Crippen LogP contribution in [0.25, 0.3) is 22.2 Å². The average Bonchev–Trinajstić information content (AvgIpc) is 3.55. The number of nitrogens with zero attached hydrogens (tertiary/aromatic N) is 2. The zero-order chi connectivity index (χ0) is 24.2. The van der Waals surface area contributed by atoms with Gasteiger partial charge in [-0.2, -0.15) is 0 Å². The average molecular weight is 471 g/mol. The lowest BCUT2D eigenvalue weighted by molar-refractivity contribution is -0.117. The number of nitrogens with one attached hydrogen (secondary N) is 3. The number of fused-ring (bicyclic) bond motifs is 1. The number of hydrogen-bond acceptors (Lipinski definition) is 4. The number of H-pyrrole nitrogens is 1. The van der Waals surface area contributed by atoms with Gasteiger partial charge in [0.2, 0.25) is 5.91 Å². The zero-order valence-electron chi connectivity index (χ0n) is 18.0. The van der Waals surface area contributed by atoms with Gasteiger partial charge >= 0.3 is 0 Å². The molecular formula is C23H20F3N5O3. The molecule has 1 saturated heterocycles. The second kappa shape index (κ2) is 7.86. The van der Waals surface area contributed by atoms with Crippen LogP contribution in [-0.2, 0) is 4.79 Å². The number of alkyl halides is 2. The molecule has 2 aliphatic rings. The Bertz CT molecular complexity index is 1340. The van der Waals surface area contributed by atoms with E-state index in [0.29, 0.717) is 16.6 Å². The fourth-order valence-electron chi connectivity index (χ4n) is 3.94. The van der Waals surface area contributed by atoms with Crippen LogP contribution in [0, 0.1) is 11.7 Å². The van der Waals surface area contributed by atoms with Crippen molar-refractivity contribution < 1.29 is 27.6 Å². The molecule has 5 rings (SSSR count). The fourth-order valence-corrected chi connectivity index (χ4v) is 3.94. The molecule has 0 radical (unpaired) electrons. The Balaban J connectivity index is 1.51. The number of benzene rings is 1. The molecule has 0 atom stereocenters. The minimum absolute atomic E-state index is 0.0436. The second-order valence-electron chi connectivity index (χ2n) is 8.55. The number of pyridine rings is 1. The molecule has 0 bridgehead atoms. The summed E-state index contributed by atoms with van der Waals surface area (Å²) in [6.07, 6.45) is 2.93. The highest BCUT2D eigenvalue weighted by molar-refractivity contribution is 6.11. The van der Waals surface area contributed by atoms with Crippen LogP contribution in [-0.4, -0.2) is 58.6 Å². The van der Waals surface area contributed by atoms with E-state index in [4.69, 9.17) is 0 Å². The van der Waals surface area contributed by atoms with E-state index in [9.17, 15) is 23.2 Å². The van der Waals surface area contributed by atoms with Crippen LogP contribution in [0.5, 0.6) is 0 Å². The minimum atomic E-state index is -2.92. The van der Waals surface area contributed by atoms with Crippen molar-refractivity contribution in [2.24, 2.45) is 5.92 Å². The van der Waals surface area contributed by atoms with E-state index in [2.05, 4.69) is 20.6 Å².